The second-order valence-corrected chi connectivity index (χ2v) is 6.96. The quantitative estimate of drug-likeness (QED) is 0.890. The fourth-order valence-electron chi connectivity index (χ4n) is 2.57. The van der Waals surface area contributed by atoms with Crippen LogP contribution in [-0.4, -0.2) is 28.8 Å². The average Bonchev–Trinajstić information content (AvgIpc) is 3.15. The normalized spacial score (nSPS) is 17.5. The second-order valence-electron chi connectivity index (χ2n) is 6.55. The minimum atomic E-state index is -1.09. The Morgan fingerprint density at radius 3 is 2.36 bits per heavy atom. The Morgan fingerprint density at radius 1 is 1.32 bits per heavy atom. The van der Waals surface area contributed by atoms with E-state index in [1.807, 2.05) is 12.1 Å². The number of rotatable bonds is 4. The molecule has 5 nitrogen and oxygen atoms in total. The third kappa shape index (κ3) is 3.53. The van der Waals surface area contributed by atoms with Gasteiger partial charge >= 0.3 is 12.1 Å². The van der Waals surface area contributed by atoms with Crippen molar-refractivity contribution in [2.75, 3.05) is 0 Å². The highest BCUT2D eigenvalue weighted by atomic mass is 35.5. The summed E-state index contributed by atoms with van der Waals surface area (Å²) in [5, 5.41) is 12.5. The second kappa shape index (κ2) is 5.80. The number of alkyl carbamates (subject to hydrolysis) is 1. The van der Waals surface area contributed by atoms with Crippen LogP contribution in [0.4, 0.5) is 4.79 Å². The number of benzene rings is 1. The van der Waals surface area contributed by atoms with Gasteiger partial charge in [0.05, 0.1) is 0 Å². The molecule has 2 rings (SSSR count). The molecule has 0 bridgehead atoms. The van der Waals surface area contributed by atoms with E-state index < -0.39 is 29.1 Å². The van der Waals surface area contributed by atoms with E-state index in [0.717, 1.165) is 5.56 Å². The van der Waals surface area contributed by atoms with Crippen LogP contribution in [0, 0.1) is 0 Å². The number of amides is 1. The number of hydrogen-bond acceptors (Lipinski definition) is 3. The minimum absolute atomic E-state index is 0.511. The summed E-state index contributed by atoms with van der Waals surface area (Å²) in [6.45, 7) is 5.18. The summed E-state index contributed by atoms with van der Waals surface area (Å²) in [7, 11) is 0. The molecule has 1 atom stereocenters. The molecular formula is C16H20ClNO4. The standard InChI is InChI=1S/C16H20ClNO4/c1-15(2,3)22-14(21)18-12(13(19)20)16(8-9-16)10-6-4-5-7-11(10)17/h4-7,12H,8-9H2,1-3H3,(H,18,21)(H,19,20). The zero-order valence-electron chi connectivity index (χ0n) is 12.9. The highest BCUT2D eigenvalue weighted by Gasteiger charge is 2.55. The first-order chi connectivity index (χ1) is 10.2. The summed E-state index contributed by atoms with van der Waals surface area (Å²) in [5.74, 6) is -1.09. The van der Waals surface area contributed by atoms with Crippen molar-refractivity contribution in [1.82, 2.24) is 5.32 Å². The molecule has 1 aliphatic rings. The van der Waals surface area contributed by atoms with Crippen molar-refractivity contribution in [3.63, 3.8) is 0 Å². The number of carbonyl (C=O) groups is 2. The number of halogens is 1. The van der Waals surface area contributed by atoms with Gasteiger partial charge in [0.1, 0.15) is 11.6 Å². The van der Waals surface area contributed by atoms with Crippen molar-refractivity contribution in [2.45, 2.75) is 50.7 Å². The van der Waals surface area contributed by atoms with Crippen LogP contribution in [0.25, 0.3) is 0 Å². The summed E-state index contributed by atoms with van der Waals surface area (Å²) < 4.78 is 5.16. The molecule has 6 heteroatoms. The topological polar surface area (TPSA) is 75.6 Å². The van der Waals surface area contributed by atoms with Gasteiger partial charge in [-0.3, -0.25) is 0 Å². The van der Waals surface area contributed by atoms with Crippen molar-refractivity contribution < 1.29 is 19.4 Å². The third-order valence-electron chi connectivity index (χ3n) is 3.66. The van der Waals surface area contributed by atoms with E-state index in [9.17, 15) is 14.7 Å². The largest absolute Gasteiger partial charge is 0.480 e. The lowest BCUT2D eigenvalue weighted by Crippen LogP contribution is -2.50. The van der Waals surface area contributed by atoms with Crippen LogP contribution in [0.1, 0.15) is 39.2 Å². The fraction of sp³-hybridized carbons (Fsp3) is 0.500. The number of aliphatic carboxylic acids is 1. The monoisotopic (exact) mass is 325 g/mol. The minimum Gasteiger partial charge on any atom is -0.480 e. The van der Waals surface area contributed by atoms with Gasteiger partial charge in [-0.15, -0.1) is 0 Å². The Kier molecular flexibility index (Phi) is 4.38. The molecule has 1 amide bonds. The van der Waals surface area contributed by atoms with Crippen molar-refractivity contribution in [3.8, 4) is 0 Å². The Morgan fingerprint density at radius 2 is 1.91 bits per heavy atom. The molecular weight excluding hydrogens is 306 g/mol. The van der Waals surface area contributed by atoms with E-state index in [0.29, 0.717) is 17.9 Å². The molecule has 1 aliphatic carbocycles. The lowest BCUT2D eigenvalue weighted by Gasteiger charge is -2.27. The lowest BCUT2D eigenvalue weighted by molar-refractivity contribution is -0.140. The number of ether oxygens (including phenoxy) is 1. The lowest BCUT2D eigenvalue weighted by atomic mass is 9.88. The Hall–Kier alpha value is -1.75. The van der Waals surface area contributed by atoms with Gasteiger partial charge in [0.25, 0.3) is 0 Å². The van der Waals surface area contributed by atoms with Crippen molar-refractivity contribution >= 4 is 23.7 Å². The highest BCUT2D eigenvalue weighted by molar-refractivity contribution is 6.31. The molecule has 22 heavy (non-hydrogen) atoms. The van der Waals surface area contributed by atoms with Crippen molar-refractivity contribution in [3.05, 3.63) is 34.9 Å². The van der Waals surface area contributed by atoms with Crippen molar-refractivity contribution in [2.24, 2.45) is 0 Å². The van der Waals surface area contributed by atoms with Gasteiger partial charge in [0.2, 0.25) is 0 Å². The summed E-state index contributed by atoms with van der Waals surface area (Å²) >= 11 is 6.20. The molecule has 0 saturated heterocycles. The average molecular weight is 326 g/mol. The smallest absolute Gasteiger partial charge is 0.408 e. The maximum Gasteiger partial charge on any atom is 0.408 e. The molecule has 120 valence electrons. The van der Waals surface area contributed by atoms with Crippen LogP contribution in [0.2, 0.25) is 5.02 Å². The van der Waals surface area contributed by atoms with E-state index in [1.165, 1.54) is 0 Å². The number of nitrogens with one attached hydrogen (secondary N) is 1. The molecule has 1 saturated carbocycles. The Labute approximate surface area is 134 Å². The summed E-state index contributed by atoms with van der Waals surface area (Å²) in [4.78, 5) is 23.6. The number of hydrogen-bond donors (Lipinski definition) is 2. The fourth-order valence-corrected chi connectivity index (χ4v) is 2.90. The zero-order valence-corrected chi connectivity index (χ0v) is 13.6. The zero-order chi connectivity index (χ0) is 16.5. The van der Waals surface area contributed by atoms with E-state index in [1.54, 1.807) is 32.9 Å². The molecule has 1 aromatic carbocycles. The number of carbonyl (C=O) groups excluding carboxylic acids is 1. The molecule has 0 spiro atoms. The first kappa shape index (κ1) is 16.6. The predicted molar refractivity (Wildman–Crippen MR) is 83.2 cm³/mol. The predicted octanol–water partition coefficient (Wildman–Crippen LogP) is 3.35. The van der Waals surface area contributed by atoms with Gasteiger partial charge in [0, 0.05) is 10.4 Å². The molecule has 1 aromatic rings. The molecule has 0 aliphatic heterocycles. The maximum atomic E-state index is 11.9. The van der Waals surface area contributed by atoms with Gasteiger partial charge in [-0.05, 0) is 45.2 Å². The van der Waals surface area contributed by atoms with Gasteiger partial charge in [0.15, 0.2) is 0 Å². The van der Waals surface area contributed by atoms with Gasteiger partial charge < -0.3 is 15.2 Å². The number of carboxylic acids is 1. The van der Waals surface area contributed by atoms with E-state index in [2.05, 4.69) is 5.32 Å². The third-order valence-corrected chi connectivity index (χ3v) is 3.99. The SMILES string of the molecule is CC(C)(C)OC(=O)NC(C(=O)O)C1(c2ccccc2Cl)CC1. The Balaban J connectivity index is 2.24. The van der Waals surface area contributed by atoms with Gasteiger partial charge in [-0.25, -0.2) is 9.59 Å². The first-order valence-electron chi connectivity index (χ1n) is 7.13. The van der Waals surface area contributed by atoms with E-state index in [4.69, 9.17) is 16.3 Å². The van der Waals surface area contributed by atoms with Gasteiger partial charge in [-0.1, -0.05) is 29.8 Å². The number of carboxylic acid groups (broad SMARTS) is 1. The van der Waals surface area contributed by atoms with Crippen LogP contribution in [0.3, 0.4) is 0 Å². The molecule has 1 unspecified atom stereocenters. The summed E-state index contributed by atoms with van der Waals surface area (Å²) in [6.07, 6.45) is 0.575. The van der Waals surface area contributed by atoms with Crippen LogP contribution in [0.15, 0.2) is 24.3 Å². The van der Waals surface area contributed by atoms with Gasteiger partial charge in [-0.2, -0.15) is 0 Å². The van der Waals surface area contributed by atoms with E-state index >= 15 is 0 Å². The first-order valence-corrected chi connectivity index (χ1v) is 7.51. The molecule has 0 heterocycles. The molecule has 2 N–H and O–H groups in total. The van der Waals surface area contributed by atoms with Crippen LogP contribution in [0.5, 0.6) is 0 Å². The Bertz CT molecular complexity index is 590. The van der Waals surface area contributed by atoms with Crippen molar-refractivity contribution in [1.29, 1.82) is 0 Å². The molecule has 0 radical (unpaired) electrons. The van der Waals surface area contributed by atoms with E-state index in [-0.39, 0.29) is 0 Å². The summed E-state index contributed by atoms with van der Waals surface area (Å²) in [5.41, 5.74) is -0.602. The molecule has 0 aromatic heterocycles. The highest BCUT2D eigenvalue weighted by Crippen LogP contribution is 2.53. The van der Waals surface area contributed by atoms with Crippen LogP contribution in [-0.2, 0) is 14.9 Å². The molecule has 1 fully saturated rings. The summed E-state index contributed by atoms with van der Waals surface area (Å²) in [6, 6.07) is 6.07. The van der Waals surface area contributed by atoms with Crippen LogP contribution < -0.4 is 5.32 Å². The maximum absolute atomic E-state index is 11.9. The van der Waals surface area contributed by atoms with Crippen LogP contribution >= 0.6 is 11.6 Å².